The molecule has 0 fully saturated rings. The number of thiazole rings is 1. The Morgan fingerprint density at radius 1 is 1.09 bits per heavy atom. The van der Waals surface area contributed by atoms with Crippen LogP contribution in [-0.4, -0.2) is 24.3 Å². The molecule has 6 nitrogen and oxygen atoms in total. The number of ether oxygens (including phenoxy) is 2. The van der Waals surface area contributed by atoms with E-state index in [9.17, 15) is 4.79 Å². The predicted molar refractivity (Wildman–Crippen MR) is 133 cm³/mol. The maximum atomic E-state index is 12.4. The summed E-state index contributed by atoms with van der Waals surface area (Å²) in [5, 5.41) is 7.53. The van der Waals surface area contributed by atoms with Gasteiger partial charge < -0.3 is 9.47 Å². The summed E-state index contributed by atoms with van der Waals surface area (Å²) in [6.07, 6.45) is 1.64. The van der Waals surface area contributed by atoms with Gasteiger partial charge in [0.2, 0.25) is 5.13 Å². The Kier molecular flexibility index (Phi) is 7.02. The molecular formula is C25H20ClN3O3S. The van der Waals surface area contributed by atoms with Crippen LogP contribution in [0, 0.1) is 6.92 Å². The molecule has 4 rings (SSSR count). The fourth-order valence-corrected chi connectivity index (χ4v) is 3.81. The average Bonchev–Trinajstić information content (AvgIpc) is 3.29. The van der Waals surface area contributed by atoms with Crippen LogP contribution in [0.25, 0.3) is 11.3 Å². The van der Waals surface area contributed by atoms with E-state index in [1.807, 2.05) is 48.7 Å². The first-order valence-electron chi connectivity index (χ1n) is 9.99. The lowest BCUT2D eigenvalue weighted by Crippen LogP contribution is -2.09. The minimum absolute atomic E-state index is 0.335. The van der Waals surface area contributed by atoms with Gasteiger partial charge in [0, 0.05) is 16.0 Å². The largest absolute Gasteiger partial charge is 0.493 e. The second-order valence-electron chi connectivity index (χ2n) is 7.08. The number of nitrogens with one attached hydrogen (secondary N) is 1. The Morgan fingerprint density at radius 3 is 2.67 bits per heavy atom. The number of esters is 1. The first kappa shape index (κ1) is 22.5. The molecular weight excluding hydrogens is 458 g/mol. The van der Waals surface area contributed by atoms with Gasteiger partial charge in [-0.05, 0) is 55.0 Å². The van der Waals surface area contributed by atoms with Gasteiger partial charge >= 0.3 is 5.97 Å². The molecule has 0 spiro atoms. The van der Waals surface area contributed by atoms with E-state index in [-0.39, 0.29) is 0 Å². The highest BCUT2D eigenvalue weighted by Gasteiger charge is 2.13. The summed E-state index contributed by atoms with van der Waals surface area (Å²) in [6.45, 7) is 1.92. The van der Waals surface area contributed by atoms with Crippen molar-refractivity contribution >= 4 is 40.3 Å². The maximum Gasteiger partial charge on any atom is 0.343 e. The van der Waals surface area contributed by atoms with Gasteiger partial charge in [0.15, 0.2) is 11.5 Å². The van der Waals surface area contributed by atoms with E-state index in [0.717, 1.165) is 22.4 Å². The lowest BCUT2D eigenvalue weighted by atomic mass is 10.1. The highest BCUT2D eigenvalue weighted by Crippen LogP contribution is 2.29. The summed E-state index contributed by atoms with van der Waals surface area (Å²) in [4.78, 5) is 17.0. The van der Waals surface area contributed by atoms with E-state index >= 15 is 0 Å². The predicted octanol–water partition coefficient (Wildman–Crippen LogP) is 6.45. The van der Waals surface area contributed by atoms with Crippen molar-refractivity contribution in [3.63, 3.8) is 0 Å². The zero-order valence-corrected chi connectivity index (χ0v) is 19.5. The van der Waals surface area contributed by atoms with E-state index < -0.39 is 5.97 Å². The second kappa shape index (κ2) is 10.3. The molecule has 0 saturated heterocycles. The van der Waals surface area contributed by atoms with Gasteiger partial charge in [-0.3, -0.25) is 5.43 Å². The molecule has 0 atom stereocenters. The third-order valence-electron chi connectivity index (χ3n) is 4.66. The Balaban J connectivity index is 1.41. The Morgan fingerprint density at radius 2 is 1.91 bits per heavy atom. The number of benzene rings is 3. The standard InChI is InChI=1S/C25H20ClN3O3S/c1-16-4-3-5-19(12-16)24(30)32-22-11-6-17(13-23(22)31-2)14-27-29-25-28-21(15-33-25)18-7-9-20(26)10-8-18/h3-15H,1-2H3,(H,28,29)/b27-14-. The minimum Gasteiger partial charge on any atom is -0.493 e. The van der Waals surface area contributed by atoms with E-state index in [1.165, 1.54) is 18.4 Å². The summed E-state index contributed by atoms with van der Waals surface area (Å²) in [6, 6.07) is 19.9. The van der Waals surface area contributed by atoms with E-state index in [0.29, 0.717) is 27.2 Å². The van der Waals surface area contributed by atoms with Crippen molar-refractivity contribution in [1.29, 1.82) is 0 Å². The van der Waals surface area contributed by atoms with Crippen LogP contribution in [0.15, 0.2) is 77.2 Å². The zero-order valence-electron chi connectivity index (χ0n) is 17.9. The number of rotatable bonds is 7. The van der Waals surface area contributed by atoms with Crippen molar-refractivity contribution in [3.8, 4) is 22.8 Å². The van der Waals surface area contributed by atoms with Gasteiger partial charge in [0.25, 0.3) is 0 Å². The number of hydrogen-bond acceptors (Lipinski definition) is 7. The van der Waals surface area contributed by atoms with Crippen molar-refractivity contribution in [1.82, 2.24) is 4.98 Å². The minimum atomic E-state index is -0.444. The second-order valence-corrected chi connectivity index (χ2v) is 8.38. The SMILES string of the molecule is COc1cc(/C=N\Nc2nc(-c3ccc(Cl)cc3)cs2)ccc1OC(=O)c1cccc(C)c1. The lowest BCUT2D eigenvalue weighted by Gasteiger charge is -2.10. The Bertz CT molecular complexity index is 1300. The highest BCUT2D eigenvalue weighted by molar-refractivity contribution is 7.14. The number of carbonyl (C=O) groups excluding carboxylic acids is 1. The molecule has 8 heteroatoms. The molecule has 0 unspecified atom stereocenters. The van der Waals surface area contributed by atoms with Crippen LogP contribution >= 0.6 is 22.9 Å². The number of aryl methyl sites for hydroxylation is 1. The van der Waals surface area contributed by atoms with Gasteiger partial charge in [-0.1, -0.05) is 41.4 Å². The summed E-state index contributed by atoms with van der Waals surface area (Å²) < 4.78 is 10.9. The van der Waals surface area contributed by atoms with Crippen LogP contribution in [0.5, 0.6) is 11.5 Å². The van der Waals surface area contributed by atoms with E-state index in [1.54, 1.807) is 36.5 Å². The number of nitrogens with zero attached hydrogens (tertiary/aromatic N) is 2. The number of methoxy groups -OCH3 is 1. The number of anilines is 1. The quantitative estimate of drug-likeness (QED) is 0.143. The van der Waals surface area contributed by atoms with E-state index in [2.05, 4.69) is 15.5 Å². The molecule has 0 radical (unpaired) electrons. The number of hydrazone groups is 1. The van der Waals surface area contributed by atoms with Gasteiger partial charge in [-0.2, -0.15) is 5.10 Å². The van der Waals surface area contributed by atoms with Gasteiger partial charge in [-0.25, -0.2) is 9.78 Å². The number of aromatic nitrogens is 1. The average molecular weight is 478 g/mol. The van der Waals surface area contributed by atoms with Crippen LogP contribution < -0.4 is 14.9 Å². The highest BCUT2D eigenvalue weighted by atomic mass is 35.5. The van der Waals surface area contributed by atoms with Crippen molar-refractivity contribution in [2.45, 2.75) is 6.92 Å². The van der Waals surface area contributed by atoms with Gasteiger partial charge in [0.1, 0.15) is 0 Å². The number of halogens is 1. The maximum absolute atomic E-state index is 12.4. The molecule has 33 heavy (non-hydrogen) atoms. The normalized spacial score (nSPS) is 10.9. The molecule has 1 heterocycles. The first-order chi connectivity index (χ1) is 16.0. The monoisotopic (exact) mass is 477 g/mol. The molecule has 0 aliphatic carbocycles. The molecule has 3 aromatic carbocycles. The fraction of sp³-hybridized carbons (Fsp3) is 0.0800. The van der Waals surface area contributed by atoms with Crippen molar-refractivity contribution in [3.05, 3.63) is 93.8 Å². The first-order valence-corrected chi connectivity index (χ1v) is 11.2. The lowest BCUT2D eigenvalue weighted by molar-refractivity contribution is 0.0729. The molecule has 1 N–H and O–H groups in total. The third-order valence-corrected chi connectivity index (χ3v) is 5.66. The van der Waals surface area contributed by atoms with Crippen molar-refractivity contribution in [2.75, 3.05) is 12.5 Å². The Hall–Kier alpha value is -3.68. The van der Waals surface area contributed by atoms with E-state index in [4.69, 9.17) is 21.1 Å². The summed E-state index contributed by atoms with van der Waals surface area (Å²) >= 11 is 7.39. The zero-order chi connectivity index (χ0) is 23.2. The molecule has 0 amide bonds. The van der Waals surface area contributed by atoms with Crippen LogP contribution in [0.2, 0.25) is 5.02 Å². The summed E-state index contributed by atoms with van der Waals surface area (Å²) in [7, 11) is 1.52. The van der Waals surface area contributed by atoms with Crippen LogP contribution in [-0.2, 0) is 0 Å². The molecule has 0 aliphatic heterocycles. The van der Waals surface area contributed by atoms with Crippen LogP contribution in [0.3, 0.4) is 0 Å². The summed E-state index contributed by atoms with van der Waals surface area (Å²) in [5.41, 5.74) is 6.98. The topological polar surface area (TPSA) is 72.8 Å². The molecule has 0 bridgehead atoms. The smallest absolute Gasteiger partial charge is 0.343 e. The third kappa shape index (κ3) is 5.77. The summed E-state index contributed by atoms with van der Waals surface area (Å²) in [5.74, 6) is 0.321. The molecule has 0 saturated carbocycles. The molecule has 0 aliphatic rings. The Labute approximate surface area is 200 Å². The van der Waals surface area contributed by atoms with Crippen LogP contribution in [0.1, 0.15) is 21.5 Å². The molecule has 1 aromatic heterocycles. The van der Waals surface area contributed by atoms with Gasteiger partial charge in [0.05, 0.1) is 24.6 Å². The fourth-order valence-electron chi connectivity index (χ4n) is 3.02. The van der Waals surface area contributed by atoms with Crippen molar-refractivity contribution in [2.24, 2.45) is 5.10 Å². The van der Waals surface area contributed by atoms with Crippen LogP contribution in [0.4, 0.5) is 5.13 Å². The molecule has 166 valence electrons. The van der Waals surface area contributed by atoms with Gasteiger partial charge in [-0.15, -0.1) is 11.3 Å². The molecule has 4 aromatic rings. The number of carbonyl (C=O) groups is 1. The number of hydrogen-bond donors (Lipinski definition) is 1. The van der Waals surface area contributed by atoms with Crippen molar-refractivity contribution < 1.29 is 14.3 Å².